The highest BCUT2D eigenvalue weighted by atomic mass is 32.2. The van der Waals surface area contributed by atoms with Gasteiger partial charge in [0.2, 0.25) is 0 Å². The Kier molecular flexibility index (Phi) is 5.92. The lowest BCUT2D eigenvalue weighted by Gasteiger charge is -2.26. The Labute approximate surface area is 198 Å². The molecule has 0 unspecified atom stereocenters. The van der Waals surface area contributed by atoms with Crippen molar-refractivity contribution >= 4 is 33.2 Å². The minimum Gasteiger partial charge on any atom is -0.332 e. The number of benzene rings is 2. The molecule has 7 nitrogen and oxygen atoms in total. The predicted octanol–water partition coefficient (Wildman–Crippen LogP) is 4.93. The molecule has 1 atom stereocenters. The molecule has 1 saturated carbocycles. The van der Waals surface area contributed by atoms with Crippen LogP contribution < -0.4 is 4.72 Å². The van der Waals surface area contributed by atoms with Gasteiger partial charge in [-0.05, 0) is 54.6 Å². The molecule has 1 aromatic heterocycles. The summed E-state index contributed by atoms with van der Waals surface area (Å²) in [5, 5.41) is 5.81. The lowest BCUT2D eigenvalue weighted by Crippen LogP contribution is -2.34. The van der Waals surface area contributed by atoms with Gasteiger partial charge < -0.3 is 4.90 Å². The molecule has 0 saturated heterocycles. The zero-order valence-corrected chi connectivity index (χ0v) is 20.0. The van der Waals surface area contributed by atoms with Crippen LogP contribution in [0.5, 0.6) is 0 Å². The predicted molar refractivity (Wildman–Crippen MR) is 129 cm³/mol. The van der Waals surface area contributed by atoms with Crippen LogP contribution in [-0.2, 0) is 16.6 Å². The topological polar surface area (TPSA) is 92.3 Å². The normalized spacial score (nSPS) is 17.4. The van der Waals surface area contributed by atoms with Crippen molar-refractivity contribution in [1.29, 1.82) is 0 Å². The smallest absolute Gasteiger partial charge is 0.261 e. The largest absolute Gasteiger partial charge is 0.332 e. The molecular formula is C24H26N4O3S2. The van der Waals surface area contributed by atoms with Gasteiger partial charge in [-0.15, -0.1) is 5.10 Å². The maximum absolute atomic E-state index is 13.3. The summed E-state index contributed by atoms with van der Waals surface area (Å²) < 4.78 is 32.7. The summed E-state index contributed by atoms with van der Waals surface area (Å²) in [4.78, 5) is 15.3. The van der Waals surface area contributed by atoms with E-state index >= 15 is 0 Å². The second kappa shape index (κ2) is 8.87. The Bertz CT molecular complexity index is 1250. The fourth-order valence-corrected chi connectivity index (χ4v) is 6.52. The third-order valence-electron chi connectivity index (χ3n) is 6.71. The average molecular weight is 483 g/mol. The molecule has 1 N–H and O–H groups in total. The maximum atomic E-state index is 13.3. The van der Waals surface area contributed by atoms with E-state index in [9.17, 15) is 13.2 Å². The number of hydrogen-bond acceptors (Lipinski definition) is 6. The number of anilines is 1. The Morgan fingerprint density at radius 2 is 1.91 bits per heavy atom. The number of nitrogens with zero attached hydrogens (tertiary/aromatic N) is 3. The van der Waals surface area contributed by atoms with Crippen LogP contribution in [0.2, 0.25) is 0 Å². The monoisotopic (exact) mass is 482 g/mol. The van der Waals surface area contributed by atoms with E-state index in [2.05, 4.69) is 21.2 Å². The number of fused-ring (bicyclic) bond motifs is 1. The molecule has 0 radical (unpaired) electrons. The molecule has 172 valence electrons. The van der Waals surface area contributed by atoms with Gasteiger partial charge >= 0.3 is 0 Å². The highest BCUT2D eigenvalue weighted by Crippen LogP contribution is 2.35. The van der Waals surface area contributed by atoms with Gasteiger partial charge in [0.1, 0.15) is 5.69 Å². The van der Waals surface area contributed by atoms with Crippen molar-refractivity contribution in [3.05, 3.63) is 59.0 Å². The molecule has 9 heteroatoms. The minimum absolute atomic E-state index is 0.0971. The van der Waals surface area contributed by atoms with Crippen molar-refractivity contribution in [2.45, 2.75) is 56.5 Å². The molecule has 0 bridgehead atoms. The number of aromatic nitrogens is 2. The Morgan fingerprint density at radius 1 is 1.15 bits per heavy atom. The molecule has 3 aromatic rings. The third kappa shape index (κ3) is 4.39. The summed E-state index contributed by atoms with van der Waals surface area (Å²) in [6, 6.07) is 12.0. The summed E-state index contributed by atoms with van der Waals surface area (Å²) in [6.07, 6.45) is 6.03. The van der Waals surface area contributed by atoms with E-state index in [1.165, 1.54) is 49.3 Å². The van der Waals surface area contributed by atoms with Crippen LogP contribution in [0.15, 0.2) is 52.7 Å². The summed E-state index contributed by atoms with van der Waals surface area (Å²) in [7, 11) is -3.85. The maximum Gasteiger partial charge on any atom is 0.261 e. The highest BCUT2D eigenvalue weighted by molar-refractivity contribution is 7.92. The van der Waals surface area contributed by atoms with E-state index < -0.39 is 10.0 Å². The second-order valence-corrected chi connectivity index (χ2v) is 11.2. The first-order valence-electron chi connectivity index (χ1n) is 11.3. The van der Waals surface area contributed by atoms with Crippen LogP contribution in [0, 0.1) is 5.92 Å². The quantitative estimate of drug-likeness (QED) is 0.515. The van der Waals surface area contributed by atoms with E-state index in [4.69, 9.17) is 0 Å². The van der Waals surface area contributed by atoms with Crippen molar-refractivity contribution < 1.29 is 13.2 Å². The number of amides is 1. The number of hydrogen-bond donors (Lipinski definition) is 1. The molecule has 1 fully saturated rings. The van der Waals surface area contributed by atoms with E-state index in [-0.39, 0.29) is 16.8 Å². The molecule has 0 spiro atoms. The molecule has 1 aliphatic carbocycles. The Balaban J connectivity index is 1.35. The van der Waals surface area contributed by atoms with E-state index in [1.807, 2.05) is 11.0 Å². The minimum atomic E-state index is -3.85. The van der Waals surface area contributed by atoms with E-state index in [0.717, 1.165) is 17.5 Å². The number of carbonyl (C=O) groups excluding carboxylic acids is 1. The van der Waals surface area contributed by atoms with Crippen molar-refractivity contribution in [2.75, 3.05) is 4.72 Å². The van der Waals surface area contributed by atoms with Gasteiger partial charge in [-0.2, -0.15) is 0 Å². The molecule has 1 aliphatic heterocycles. The van der Waals surface area contributed by atoms with Gasteiger partial charge in [0.25, 0.3) is 15.9 Å². The Morgan fingerprint density at radius 3 is 2.61 bits per heavy atom. The third-order valence-corrected chi connectivity index (χ3v) is 8.60. The number of nitrogens with one attached hydrogen (secondary N) is 1. The SMILES string of the molecule is C[C@@H](CC1CCCC1)N1Cc2cccc(NS(=O)(=O)c3ccc(-c4csnn4)cc3)c2C1=O. The molecular weight excluding hydrogens is 456 g/mol. The fourth-order valence-electron chi connectivity index (χ4n) is 4.98. The second-order valence-electron chi connectivity index (χ2n) is 8.93. The van der Waals surface area contributed by atoms with Crippen LogP contribution in [0.1, 0.15) is 54.9 Å². The van der Waals surface area contributed by atoms with Crippen LogP contribution in [0.3, 0.4) is 0 Å². The van der Waals surface area contributed by atoms with Crippen LogP contribution in [-0.4, -0.2) is 34.9 Å². The summed E-state index contributed by atoms with van der Waals surface area (Å²) in [6.45, 7) is 2.62. The van der Waals surface area contributed by atoms with Crippen molar-refractivity contribution in [3.63, 3.8) is 0 Å². The summed E-state index contributed by atoms with van der Waals surface area (Å²) in [5.41, 5.74) is 3.16. The summed E-state index contributed by atoms with van der Waals surface area (Å²) >= 11 is 1.24. The average Bonchev–Trinajstić information content (AvgIpc) is 3.56. The summed E-state index contributed by atoms with van der Waals surface area (Å²) in [5.74, 6) is 0.581. The Hall–Kier alpha value is -2.78. The zero-order chi connectivity index (χ0) is 23.0. The van der Waals surface area contributed by atoms with Crippen LogP contribution >= 0.6 is 11.5 Å². The lowest BCUT2D eigenvalue weighted by atomic mass is 9.98. The highest BCUT2D eigenvalue weighted by Gasteiger charge is 2.35. The molecule has 5 rings (SSSR count). The molecule has 2 heterocycles. The number of rotatable bonds is 7. The first-order valence-corrected chi connectivity index (χ1v) is 13.6. The number of sulfonamides is 1. The van der Waals surface area contributed by atoms with Gasteiger partial charge in [-0.3, -0.25) is 9.52 Å². The van der Waals surface area contributed by atoms with Crippen LogP contribution in [0.25, 0.3) is 11.3 Å². The molecule has 33 heavy (non-hydrogen) atoms. The molecule has 2 aromatic carbocycles. The van der Waals surface area contributed by atoms with Crippen molar-refractivity contribution in [1.82, 2.24) is 14.5 Å². The fraction of sp³-hybridized carbons (Fsp3) is 0.375. The van der Waals surface area contributed by atoms with Gasteiger partial charge in [0.15, 0.2) is 0 Å². The van der Waals surface area contributed by atoms with E-state index in [1.54, 1.807) is 29.6 Å². The van der Waals surface area contributed by atoms with Gasteiger partial charge in [-0.25, -0.2) is 8.42 Å². The van der Waals surface area contributed by atoms with E-state index in [0.29, 0.717) is 29.4 Å². The van der Waals surface area contributed by atoms with Gasteiger partial charge in [-0.1, -0.05) is 54.4 Å². The van der Waals surface area contributed by atoms with Crippen molar-refractivity contribution in [3.8, 4) is 11.3 Å². The van der Waals surface area contributed by atoms with Gasteiger partial charge in [0.05, 0.1) is 16.1 Å². The first kappa shape index (κ1) is 22.0. The lowest BCUT2D eigenvalue weighted by molar-refractivity contribution is 0.0695. The number of carbonyl (C=O) groups is 1. The van der Waals surface area contributed by atoms with Gasteiger partial charge in [0, 0.05) is 23.5 Å². The molecule has 1 amide bonds. The molecule has 2 aliphatic rings. The van der Waals surface area contributed by atoms with Crippen LogP contribution in [0.4, 0.5) is 5.69 Å². The standard InChI is InChI=1S/C24H26N4O3S2/c1-16(13-17-5-2-3-6-17)28-14-19-7-4-8-21(23(19)24(28)29)26-33(30,31)20-11-9-18(10-12-20)22-15-32-27-25-22/h4,7-12,15-17,26H,2-3,5-6,13-14H2,1H3/t16-/m0/s1. The zero-order valence-electron chi connectivity index (χ0n) is 18.4. The first-order chi connectivity index (χ1) is 15.9. The van der Waals surface area contributed by atoms with Crippen molar-refractivity contribution in [2.24, 2.45) is 5.92 Å².